The van der Waals surface area contributed by atoms with Crippen LogP contribution in [0.15, 0.2) is 0 Å². The Morgan fingerprint density at radius 1 is 1.82 bits per heavy atom. The van der Waals surface area contributed by atoms with Crippen molar-refractivity contribution < 1.29 is 14.3 Å². The Bertz CT molecular complexity index is 188. The monoisotopic (exact) mass is 156 g/mol. The van der Waals surface area contributed by atoms with Crippen LogP contribution in [0.5, 0.6) is 0 Å². The molecule has 0 radical (unpaired) electrons. The van der Waals surface area contributed by atoms with Crippen molar-refractivity contribution in [1.29, 1.82) is 0 Å². The minimum Gasteiger partial charge on any atom is -0.466 e. The molecule has 1 fully saturated rings. The van der Waals surface area contributed by atoms with Crippen LogP contribution in [0.2, 0.25) is 0 Å². The van der Waals surface area contributed by atoms with E-state index in [0.29, 0.717) is 13.0 Å². The predicted molar refractivity (Wildman–Crippen MR) is 38.9 cm³/mol. The van der Waals surface area contributed by atoms with Gasteiger partial charge in [-0.3, -0.25) is 4.79 Å². The molecule has 62 valence electrons. The molecule has 2 atom stereocenters. The average Bonchev–Trinajstić information content (AvgIpc) is 2.64. The summed E-state index contributed by atoms with van der Waals surface area (Å²) < 4.78 is 4.80. The highest BCUT2D eigenvalue weighted by atomic mass is 16.5. The van der Waals surface area contributed by atoms with Crippen LogP contribution in [0.1, 0.15) is 20.3 Å². The largest absolute Gasteiger partial charge is 0.466 e. The maximum Gasteiger partial charge on any atom is 0.312 e. The van der Waals surface area contributed by atoms with Crippen molar-refractivity contribution in [2.24, 2.45) is 11.3 Å². The summed E-state index contributed by atoms with van der Waals surface area (Å²) in [5.41, 5.74) is -0.502. The third-order valence-electron chi connectivity index (χ3n) is 2.21. The van der Waals surface area contributed by atoms with Gasteiger partial charge in [-0.1, -0.05) is 0 Å². The van der Waals surface area contributed by atoms with E-state index >= 15 is 0 Å². The van der Waals surface area contributed by atoms with E-state index in [9.17, 15) is 9.59 Å². The molecular weight excluding hydrogens is 144 g/mol. The lowest BCUT2D eigenvalue weighted by molar-refractivity contribution is -0.150. The maximum atomic E-state index is 11.1. The zero-order valence-electron chi connectivity index (χ0n) is 6.79. The first-order valence-corrected chi connectivity index (χ1v) is 3.77. The first kappa shape index (κ1) is 8.24. The van der Waals surface area contributed by atoms with Crippen molar-refractivity contribution in [3.63, 3.8) is 0 Å². The first-order chi connectivity index (χ1) is 5.15. The molecule has 0 heterocycles. The summed E-state index contributed by atoms with van der Waals surface area (Å²) in [6.45, 7) is 3.92. The minimum atomic E-state index is -0.502. The van der Waals surface area contributed by atoms with E-state index in [1.165, 1.54) is 0 Å². The molecule has 3 nitrogen and oxygen atoms in total. The number of carbonyl (C=O) groups excluding carboxylic acids is 2. The van der Waals surface area contributed by atoms with E-state index in [1.54, 1.807) is 13.8 Å². The summed E-state index contributed by atoms with van der Waals surface area (Å²) >= 11 is 0. The van der Waals surface area contributed by atoms with Crippen LogP contribution in [-0.2, 0) is 14.3 Å². The number of ether oxygens (including phenoxy) is 1. The van der Waals surface area contributed by atoms with Gasteiger partial charge >= 0.3 is 5.97 Å². The average molecular weight is 156 g/mol. The molecule has 0 aromatic carbocycles. The molecule has 1 saturated carbocycles. The Morgan fingerprint density at radius 3 is 2.82 bits per heavy atom. The van der Waals surface area contributed by atoms with E-state index < -0.39 is 5.41 Å². The molecule has 0 aromatic rings. The number of rotatable bonds is 3. The van der Waals surface area contributed by atoms with Crippen LogP contribution >= 0.6 is 0 Å². The maximum absolute atomic E-state index is 11.1. The van der Waals surface area contributed by atoms with Crippen molar-refractivity contribution in [2.75, 3.05) is 6.61 Å². The summed E-state index contributed by atoms with van der Waals surface area (Å²) in [5, 5.41) is 0. The van der Waals surface area contributed by atoms with E-state index in [4.69, 9.17) is 4.74 Å². The van der Waals surface area contributed by atoms with Gasteiger partial charge in [-0.25, -0.2) is 0 Å². The molecule has 0 spiro atoms. The molecule has 0 amide bonds. The van der Waals surface area contributed by atoms with Gasteiger partial charge in [0.05, 0.1) is 12.0 Å². The summed E-state index contributed by atoms with van der Waals surface area (Å²) in [7, 11) is 0. The van der Waals surface area contributed by atoms with Gasteiger partial charge in [0.15, 0.2) is 0 Å². The van der Waals surface area contributed by atoms with Crippen molar-refractivity contribution in [3.8, 4) is 0 Å². The third-order valence-corrected chi connectivity index (χ3v) is 2.21. The Labute approximate surface area is 65.7 Å². The normalized spacial score (nSPS) is 34.5. The number of carbonyl (C=O) groups is 2. The topological polar surface area (TPSA) is 43.4 Å². The zero-order valence-corrected chi connectivity index (χ0v) is 6.79. The number of hydrogen-bond donors (Lipinski definition) is 0. The smallest absolute Gasteiger partial charge is 0.312 e. The second-order valence-corrected chi connectivity index (χ2v) is 3.08. The van der Waals surface area contributed by atoms with Crippen LogP contribution in [0.3, 0.4) is 0 Å². The van der Waals surface area contributed by atoms with Gasteiger partial charge in [0.25, 0.3) is 0 Å². The molecule has 0 aromatic heterocycles. The molecule has 0 saturated heterocycles. The fourth-order valence-corrected chi connectivity index (χ4v) is 1.13. The zero-order chi connectivity index (χ0) is 8.48. The lowest BCUT2D eigenvalue weighted by Gasteiger charge is -2.06. The van der Waals surface area contributed by atoms with Crippen molar-refractivity contribution >= 4 is 12.3 Å². The molecule has 3 heteroatoms. The Morgan fingerprint density at radius 2 is 2.45 bits per heavy atom. The molecule has 11 heavy (non-hydrogen) atoms. The van der Waals surface area contributed by atoms with Gasteiger partial charge in [-0.05, 0) is 20.3 Å². The lowest BCUT2D eigenvalue weighted by Crippen LogP contribution is -2.18. The fourth-order valence-electron chi connectivity index (χ4n) is 1.13. The molecule has 0 N–H and O–H groups in total. The quantitative estimate of drug-likeness (QED) is 0.448. The highest BCUT2D eigenvalue weighted by Gasteiger charge is 2.57. The summed E-state index contributed by atoms with van der Waals surface area (Å²) in [5.74, 6) is -0.348. The predicted octanol–water partition coefficient (Wildman–Crippen LogP) is 0.775. The number of esters is 1. The molecule has 1 aliphatic carbocycles. The highest BCUT2D eigenvalue weighted by Crippen LogP contribution is 2.51. The number of hydrogen-bond acceptors (Lipinski definition) is 3. The molecule has 2 unspecified atom stereocenters. The SMILES string of the molecule is CCOC(=O)C1(C)CC1C=O. The second-order valence-electron chi connectivity index (χ2n) is 3.08. The van der Waals surface area contributed by atoms with Crippen LogP contribution in [0, 0.1) is 11.3 Å². The Balaban J connectivity index is 2.49. The van der Waals surface area contributed by atoms with Crippen molar-refractivity contribution in [3.05, 3.63) is 0 Å². The Hall–Kier alpha value is -0.860. The number of aldehydes is 1. The molecule has 0 aliphatic heterocycles. The second kappa shape index (κ2) is 2.64. The van der Waals surface area contributed by atoms with Crippen LogP contribution in [0.4, 0.5) is 0 Å². The fraction of sp³-hybridized carbons (Fsp3) is 0.750. The van der Waals surface area contributed by atoms with Gasteiger partial charge in [-0.15, -0.1) is 0 Å². The van der Waals surface area contributed by atoms with Crippen LogP contribution in [0.25, 0.3) is 0 Å². The minimum absolute atomic E-state index is 0.110. The molecular formula is C8H12O3. The molecule has 1 aliphatic rings. The van der Waals surface area contributed by atoms with E-state index in [1.807, 2.05) is 0 Å². The first-order valence-electron chi connectivity index (χ1n) is 3.77. The summed E-state index contributed by atoms with van der Waals surface area (Å²) in [4.78, 5) is 21.4. The molecule has 1 rings (SSSR count). The van der Waals surface area contributed by atoms with Gasteiger partial charge in [0.2, 0.25) is 0 Å². The van der Waals surface area contributed by atoms with Crippen LogP contribution in [-0.4, -0.2) is 18.9 Å². The van der Waals surface area contributed by atoms with Gasteiger partial charge < -0.3 is 9.53 Å². The van der Waals surface area contributed by atoms with Crippen molar-refractivity contribution in [1.82, 2.24) is 0 Å². The van der Waals surface area contributed by atoms with Gasteiger partial charge in [-0.2, -0.15) is 0 Å². The molecule has 0 bridgehead atoms. The van der Waals surface area contributed by atoms with Gasteiger partial charge in [0.1, 0.15) is 6.29 Å². The lowest BCUT2D eigenvalue weighted by atomic mass is 10.1. The summed E-state index contributed by atoms with van der Waals surface area (Å²) in [6, 6.07) is 0. The van der Waals surface area contributed by atoms with E-state index in [0.717, 1.165) is 6.29 Å². The van der Waals surface area contributed by atoms with E-state index in [-0.39, 0.29) is 11.9 Å². The highest BCUT2D eigenvalue weighted by molar-refractivity contribution is 5.85. The Kier molecular flexibility index (Phi) is 1.98. The van der Waals surface area contributed by atoms with E-state index in [2.05, 4.69) is 0 Å². The summed E-state index contributed by atoms with van der Waals surface area (Å²) in [6.07, 6.45) is 1.48. The third kappa shape index (κ3) is 1.27. The van der Waals surface area contributed by atoms with Crippen LogP contribution < -0.4 is 0 Å². The van der Waals surface area contributed by atoms with Crippen molar-refractivity contribution in [2.45, 2.75) is 20.3 Å². The standard InChI is InChI=1S/C8H12O3/c1-3-11-7(10)8(2)4-6(8)5-9/h5-6H,3-4H2,1-2H3. The van der Waals surface area contributed by atoms with Gasteiger partial charge in [0, 0.05) is 5.92 Å².